The summed E-state index contributed by atoms with van der Waals surface area (Å²) in [4.78, 5) is 37.2. The molecule has 7 nitrogen and oxygen atoms in total. The van der Waals surface area contributed by atoms with E-state index in [0.29, 0.717) is 23.5 Å². The number of amides is 2. The Balaban J connectivity index is 0.00000117. The molecule has 1 aliphatic carbocycles. The second-order valence-electron chi connectivity index (χ2n) is 6.71. The predicted molar refractivity (Wildman–Crippen MR) is 108 cm³/mol. The summed E-state index contributed by atoms with van der Waals surface area (Å²) < 4.78 is 5.40. The van der Waals surface area contributed by atoms with E-state index >= 15 is 0 Å². The van der Waals surface area contributed by atoms with Gasteiger partial charge in [0.05, 0.1) is 11.3 Å². The average Bonchev–Trinajstić information content (AvgIpc) is 3.58. The average molecular weight is 396 g/mol. The van der Waals surface area contributed by atoms with Crippen molar-refractivity contribution in [2.24, 2.45) is 0 Å². The zero-order valence-electron chi connectivity index (χ0n) is 16.5. The number of benzene rings is 2. The smallest absolute Gasteiger partial charge is 0.335 e. The van der Waals surface area contributed by atoms with Gasteiger partial charge in [-0.25, -0.2) is 4.79 Å². The maximum Gasteiger partial charge on any atom is 0.335 e. The Morgan fingerprint density at radius 1 is 1.10 bits per heavy atom. The molecule has 2 aliphatic rings. The molecular formula is C22H24N2O5. The summed E-state index contributed by atoms with van der Waals surface area (Å²) in [5.41, 5.74) is 2.16. The van der Waals surface area contributed by atoms with Gasteiger partial charge in [-0.2, -0.15) is 0 Å². The standard InChI is InChI=1S/C20H18N2O5.C2H6/c23-18-11-27-17-9-14(5-8-16(17)21-18)19(24)22(15-6-7-15)10-12-1-3-13(4-2-12)20(25)26;1-2/h1-5,8-9,15H,6-7,10-11H2,(H,21,23)(H,25,26);1-2H3. The Hall–Kier alpha value is -3.35. The zero-order valence-corrected chi connectivity index (χ0v) is 16.5. The van der Waals surface area contributed by atoms with Gasteiger partial charge in [0.15, 0.2) is 6.61 Å². The predicted octanol–water partition coefficient (Wildman–Crippen LogP) is 3.55. The molecule has 2 aromatic rings. The Kier molecular flexibility index (Phi) is 6.16. The highest BCUT2D eigenvalue weighted by molar-refractivity contribution is 5.99. The number of hydrogen-bond acceptors (Lipinski definition) is 4. The van der Waals surface area contributed by atoms with E-state index in [2.05, 4.69) is 5.32 Å². The number of carbonyl (C=O) groups is 3. The molecule has 0 aromatic heterocycles. The maximum absolute atomic E-state index is 13.0. The molecule has 1 heterocycles. The number of rotatable bonds is 5. The molecule has 4 rings (SSSR count). The summed E-state index contributed by atoms with van der Waals surface area (Å²) >= 11 is 0. The lowest BCUT2D eigenvalue weighted by Crippen LogP contribution is -2.33. The van der Waals surface area contributed by atoms with Gasteiger partial charge in [0.1, 0.15) is 5.75 Å². The van der Waals surface area contributed by atoms with Crippen LogP contribution < -0.4 is 10.1 Å². The van der Waals surface area contributed by atoms with Crippen molar-refractivity contribution in [1.82, 2.24) is 4.90 Å². The molecule has 29 heavy (non-hydrogen) atoms. The lowest BCUT2D eigenvalue weighted by molar-refractivity contribution is -0.118. The van der Waals surface area contributed by atoms with Gasteiger partial charge in [-0.05, 0) is 48.7 Å². The number of nitrogens with zero attached hydrogens (tertiary/aromatic N) is 1. The molecule has 2 amide bonds. The molecule has 0 saturated heterocycles. The Morgan fingerprint density at radius 2 is 1.76 bits per heavy atom. The summed E-state index contributed by atoms with van der Waals surface area (Å²) in [6, 6.07) is 11.7. The number of aromatic carboxylic acids is 1. The Labute approximate surface area is 169 Å². The van der Waals surface area contributed by atoms with Crippen LogP contribution in [-0.4, -0.2) is 40.4 Å². The number of anilines is 1. The van der Waals surface area contributed by atoms with Crippen LogP contribution in [0.5, 0.6) is 5.75 Å². The molecule has 2 N–H and O–H groups in total. The molecule has 2 aromatic carbocycles. The van der Waals surface area contributed by atoms with Crippen LogP contribution in [0.4, 0.5) is 5.69 Å². The third kappa shape index (κ3) is 4.74. The zero-order chi connectivity index (χ0) is 21.0. The van der Waals surface area contributed by atoms with Crippen LogP contribution in [0.1, 0.15) is 53.0 Å². The molecular weight excluding hydrogens is 372 g/mol. The van der Waals surface area contributed by atoms with Crippen LogP contribution >= 0.6 is 0 Å². The first-order valence-electron chi connectivity index (χ1n) is 9.71. The molecule has 0 atom stereocenters. The van der Waals surface area contributed by atoms with Gasteiger partial charge >= 0.3 is 5.97 Å². The van der Waals surface area contributed by atoms with Crippen molar-refractivity contribution in [3.63, 3.8) is 0 Å². The summed E-state index contributed by atoms with van der Waals surface area (Å²) in [5, 5.41) is 11.7. The van der Waals surface area contributed by atoms with Gasteiger partial charge in [-0.3, -0.25) is 9.59 Å². The minimum absolute atomic E-state index is 0.0626. The molecule has 0 spiro atoms. The van der Waals surface area contributed by atoms with Crippen molar-refractivity contribution in [3.8, 4) is 5.75 Å². The second kappa shape index (κ2) is 8.77. The Morgan fingerprint density at radius 3 is 2.38 bits per heavy atom. The van der Waals surface area contributed by atoms with Gasteiger partial charge in [0.2, 0.25) is 0 Å². The molecule has 0 bridgehead atoms. The van der Waals surface area contributed by atoms with Crippen LogP contribution in [0, 0.1) is 0 Å². The normalized spacial score (nSPS) is 14.5. The van der Waals surface area contributed by atoms with Crippen LogP contribution in [0.3, 0.4) is 0 Å². The number of carbonyl (C=O) groups excluding carboxylic acids is 2. The molecule has 1 saturated carbocycles. The summed E-state index contributed by atoms with van der Waals surface area (Å²) in [5.74, 6) is -0.811. The third-order valence-corrected chi connectivity index (χ3v) is 4.66. The van der Waals surface area contributed by atoms with Crippen molar-refractivity contribution in [2.45, 2.75) is 39.3 Å². The molecule has 0 radical (unpaired) electrons. The lowest BCUT2D eigenvalue weighted by Gasteiger charge is -2.24. The monoisotopic (exact) mass is 396 g/mol. The van der Waals surface area contributed by atoms with E-state index in [4.69, 9.17) is 9.84 Å². The first-order chi connectivity index (χ1) is 14.0. The first kappa shape index (κ1) is 20.4. The largest absolute Gasteiger partial charge is 0.482 e. The number of nitrogens with one attached hydrogen (secondary N) is 1. The van der Waals surface area contributed by atoms with E-state index in [-0.39, 0.29) is 30.0 Å². The first-order valence-corrected chi connectivity index (χ1v) is 9.71. The fourth-order valence-corrected chi connectivity index (χ4v) is 3.08. The van der Waals surface area contributed by atoms with E-state index < -0.39 is 5.97 Å². The van der Waals surface area contributed by atoms with Gasteiger partial charge < -0.3 is 20.1 Å². The summed E-state index contributed by atoms with van der Waals surface area (Å²) in [7, 11) is 0. The fourth-order valence-electron chi connectivity index (χ4n) is 3.08. The number of carboxylic acids is 1. The minimum Gasteiger partial charge on any atom is -0.482 e. The van der Waals surface area contributed by atoms with E-state index in [1.807, 2.05) is 13.8 Å². The maximum atomic E-state index is 13.0. The van der Waals surface area contributed by atoms with Crippen molar-refractivity contribution in [1.29, 1.82) is 0 Å². The molecule has 7 heteroatoms. The molecule has 1 fully saturated rings. The van der Waals surface area contributed by atoms with Crippen LogP contribution in [0.15, 0.2) is 42.5 Å². The minimum atomic E-state index is -0.974. The molecule has 1 aliphatic heterocycles. The van der Waals surface area contributed by atoms with E-state index in [1.165, 1.54) is 0 Å². The number of ether oxygens (including phenoxy) is 1. The quantitative estimate of drug-likeness (QED) is 0.806. The highest BCUT2D eigenvalue weighted by Crippen LogP contribution is 2.33. The van der Waals surface area contributed by atoms with E-state index in [0.717, 1.165) is 18.4 Å². The van der Waals surface area contributed by atoms with Gasteiger partial charge in [-0.1, -0.05) is 26.0 Å². The van der Waals surface area contributed by atoms with Gasteiger partial charge in [0.25, 0.3) is 11.8 Å². The molecule has 0 unspecified atom stereocenters. The highest BCUT2D eigenvalue weighted by atomic mass is 16.5. The highest BCUT2D eigenvalue weighted by Gasteiger charge is 2.33. The van der Waals surface area contributed by atoms with Crippen molar-refractivity contribution in [3.05, 3.63) is 59.2 Å². The van der Waals surface area contributed by atoms with Crippen molar-refractivity contribution in [2.75, 3.05) is 11.9 Å². The Bertz CT molecular complexity index is 919. The second-order valence-corrected chi connectivity index (χ2v) is 6.71. The van der Waals surface area contributed by atoms with E-state index in [9.17, 15) is 14.4 Å². The van der Waals surface area contributed by atoms with Crippen LogP contribution in [0.2, 0.25) is 0 Å². The van der Waals surface area contributed by atoms with Gasteiger partial charge in [0, 0.05) is 18.2 Å². The van der Waals surface area contributed by atoms with Crippen LogP contribution in [-0.2, 0) is 11.3 Å². The molecule has 152 valence electrons. The summed E-state index contributed by atoms with van der Waals surface area (Å²) in [6.07, 6.45) is 1.91. The lowest BCUT2D eigenvalue weighted by atomic mass is 10.1. The number of carboxylic acid groups (broad SMARTS) is 1. The fraction of sp³-hybridized carbons (Fsp3) is 0.318. The van der Waals surface area contributed by atoms with Crippen molar-refractivity contribution >= 4 is 23.5 Å². The SMILES string of the molecule is CC.O=C1COc2cc(C(=O)N(Cc3ccc(C(=O)O)cc3)C3CC3)ccc2N1. The van der Waals surface area contributed by atoms with E-state index in [1.54, 1.807) is 47.4 Å². The van der Waals surface area contributed by atoms with Crippen molar-refractivity contribution < 1.29 is 24.2 Å². The van der Waals surface area contributed by atoms with Crippen LogP contribution in [0.25, 0.3) is 0 Å². The number of hydrogen-bond donors (Lipinski definition) is 2. The van der Waals surface area contributed by atoms with Gasteiger partial charge in [-0.15, -0.1) is 0 Å². The topological polar surface area (TPSA) is 95.9 Å². The third-order valence-electron chi connectivity index (χ3n) is 4.66. The number of fused-ring (bicyclic) bond motifs is 1. The summed E-state index contributed by atoms with van der Waals surface area (Å²) in [6.45, 7) is 4.35.